The summed E-state index contributed by atoms with van der Waals surface area (Å²) in [6.45, 7) is 2.35. The third-order valence-corrected chi connectivity index (χ3v) is 5.31. The molecule has 0 N–H and O–H groups in total. The lowest BCUT2D eigenvalue weighted by Crippen LogP contribution is -2.46. The third kappa shape index (κ3) is 2.62. The summed E-state index contributed by atoms with van der Waals surface area (Å²) in [6, 6.07) is 7.31. The van der Waals surface area contributed by atoms with Crippen molar-refractivity contribution in [1.29, 1.82) is 0 Å². The first-order valence-corrected chi connectivity index (χ1v) is 8.74. The summed E-state index contributed by atoms with van der Waals surface area (Å²) in [4.78, 5) is 2.67. The van der Waals surface area contributed by atoms with Gasteiger partial charge >= 0.3 is 0 Å². The highest BCUT2D eigenvalue weighted by molar-refractivity contribution is 14.1. The van der Waals surface area contributed by atoms with Gasteiger partial charge in [0.15, 0.2) is 0 Å². The topological polar surface area (TPSA) is 12.5 Å². The van der Waals surface area contributed by atoms with Crippen molar-refractivity contribution in [3.05, 3.63) is 39.5 Å². The van der Waals surface area contributed by atoms with E-state index in [1.807, 2.05) is 0 Å². The Balaban J connectivity index is 1.89. The predicted octanol–water partition coefficient (Wildman–Crippen LogP) is 4.14. The summed E-state index contributed by atoms with van der Waals surface area (Å²) < 4.78 is 7.70. The average Bonchev–Trinajstić information content (AvgIpc) is 2.51. The lowest BCUT2D eigenvalue weighted by Gasteiger charge is -2.44. The Kier molecular flexibility index (Phi) is 4.66. The van der Waals surface area contributed by atoms with Gasteiger partial charge in [0.25, 0.3) is 0 Å². The van der Waals surface area contributed by atoms with Gasteiger partial charge in [0.2, 0.25) is 0 Å². The maximum Gasteiger partial charge on any atom is 0.122 e. The number of likely N-dealkylation sites (tertiary alicyclic amines) is 1. The molecule has 2 aliphatic rings. The number of methoxy groups -OCH3 is 1. The van der Waals surface area contributed by atoms with E-state index in [9.17, 15) is 0 Å². The van der Waals surface area contributed by atoms with Gasteiger partial charge in [0, 0.05) is 12.6 Å². The maximum atomic E-state index is 5.56. The number of fused-ring (bicyclic) bond motifs is 3. The zero-order valence-corrected chi connectivity index (χ0v) is 14.2. The molecule has 3 heteroatoms. The van der Waals surface area contributed by atoms with Gasteiger partial charge in [-0.2, -0.15) is 0 Å². The van der Waals surface area contributed by atoms with Crippen LogP contribution < -0.4 is 4.74 Å². The molecule has 0 saturated carbocycles. The molecule has 0 bridgehead atoms. The van der Waals surface area contributed by atoms with Gasteiger partial charge < -0.3 is 4.74 Å². The van der Waals surface area contributed by atoms with Crippen LogP contribution in [0.15, 0.2) is 28.4 Å². The fraction of sp³-hybridized carbons (Fsp3) is 0.529. The van der Waals surface area contributed by atoms with E-state index in [1.165, 1.54) is 31.4 Å². The summed E-state index contributed by atoms with van der Waals surface area (Å²) in [5, 5.41) is 0. The van der Waals surface area contributed by atoms with Crippen molar-refractivity contribution in [2.75, 3.05) is 20.2 Å². The molecule has 0 unspecified atom stereocenters. The molecule has 0 amide bonds. The molecule has 0 spiro atoms. The van der Waals surface area contributed by atoms with Crippen LogP contribution in [0.4, 0.5) is 0 Å². The normalized spacial score (nSPS) is 26.3. The average molecular weight is 383 g/mol. The maximum absolute atomic E-state index is 5.56. The number of hydrogen-bond donors (Lipinski definition) is 0. The number of benzene rings is 1. The molecule has 3 rings (SSSR count). The van der Waals surface area contributed by atoms with Crippen molar-refractivity contribution in [3.8, 4) is 5.75 Å². The molecule has 108 valence electrons. The lowest BCUT2D eigenvalue weighted by molar-refractivity contribution is 0.126. The standard InChI is InChI=1S/C17H22INO/c1-20-17-7-2-5-13-14-6-3-11-19(12-4-10-18)16(14)9-8-15(13)17/h2,4-5,7,10,14,16H,3,6,8-9,11-12H2,1H3/b10-4+/t14-,16-/m1/s1. The second kappa shape index (κ2) is 6.48. The molecule has 20 heavy (non-hydrogen) atoms. The third-order valence-electron chi connectivity index (χ3n) is 4.80. The van der Waals surface area contributed by atoms with Crippen LogP contribution >= 0.6 is 22.6 Å². The van der Waals surface area contributed by atoms with E-state index < -0.39 is 0 Å². The molecule has 1 fully saturated rings. The fourth-order valence-electron chi connectivity index (χ4n) is 3.96. The minimum atomic E-state index is 0.699. The van der Waals surface area contributed by atoms with Crippen molar-refractivity contribution in [3.63, 3.8) is 0 Å². The van der Waals surface area contributed by atoms with Crippen LogP contribution in [0, 0.1) is 0 Å². The second-order valence-corrected chi connectivity index (χ2v) is 6.46. The molecule has 1 aromatic carbocycles. The van der Waals surface area contributed by atoms with Crippen LogP contribution in [-0.4, -0.2) is 31.1 Å². The van der Waals surface area contributed by atoms with Gasteiger partial charge in [0.05, 0.1) is 7.11 Å². The van der Waals surface area contributed by atoms with E-state index in [4.69, 9.17) is 4.74 Å². The van der Waals surface area contributed by atoms with Crippen molar-refractivity contribution in [2.45, 2.75) is 37.6 Å². The van der Waals surface area contributed by atoms with E-state index >= 15 is 0 Å². The van der Waals surface area contributed by atoms with Gasteiger partial charge in [0.1, 0.15) is 5.75 Å². The summed E-state index contributed by atoms with van der Waals surface area (Å²) >= 11 is 2.32. The molecule has 2 atom stereocenters. The van der Waals surface area contributed by atoms with Gasteiger partial charge in [-0.3, -0.25) is 4.90 Å². The van der Waals surface area contributed by atoms with Crippen molar-refractivity contribution in [1.82, 2.24) is 4.90 Å². The minimum Gasteiger partial charge on any atom is -0.496 e. The number of rotatable bonds is 3. The molecule has 2 nitrogen and oxygen atoms in total. The molecule has 0 aromatic heterocycles. The Hall–Kier alpha value is -0.550. The van der Waals surface area contributed by atoms with Crippen LogP contribution in [0.1, 0.15) is 36.3 Å². The van der Waals surface area contributed by atoms with Crippen molar-refractivity contribution < 1.29 is 4.74 Å². The quantitative estimate of drug-likeness (QED) is 0.728. The molecule has 1 heterocycles. The van der Waals surface area contributed by atoms with Crippen molar-refractivity contribution in [2.24, 2.45) is 0 Å². The van der Waals surface area contributed by atoms with E-state index in [2.05, 4.69) is 55.8 Å². The van der Waals surface area contributed by atoms with Gasteiger partial charge in [-0.1, -0.05) is 40.8 Å². The smallest absolute Gasteiger partial charge is 0.122 e. The van der Waals surface area contributed by atoms with Crippen LogP contribution in [0.3, 0.4) is 0 Å². The molecule has 1 saturated heterocycles. The first-order chi connectivity index (χ1) is 9.85. The molecular formula is C17H22INO. The Morgan fingerprint density at radius 3 is 3.10 bits per heavy atom. The summed E-state index contributed by atoms with van der Waals surface area (Å²) in [6.07, 6.45) is 7.35. The second-order valence-electron chi connectivity index (χ2n) is 5.74. The highest BCUT2D eigenvalue weighted by atomic mass is 127. The molecule has 0 radical (unpaired) electrons. The van der Waals surface area contributed by atoms with Crippen LogP contribution in [-0.2, 0) is 6.42 Å². The number of halogens is 1. The SMILES string of the molecule is COc1cccc2c1CC[C@@H]1[C@@H]2CCCN1C/C=C/I. The molecule has 1 aliphatic heterocycles. The lowest BCUT2D eigenvalue weighted by atomic mass is 9.74. The number of piperidine rings is 1. The number of ether oxygens (including phenoxy) is 1. The highest BCUT2D eigenvalue weighted by Gasteiger charge is 2.36. The highest BCUT2D eigenvalue weighted by Crippen LogP contribution is 2.43. The predicted molar refractivity (Wildman–Crippen MR) is 91.8 cm³/mol. The summed E-state index contributed by atoms with van der Waals surface area (Å²) in [5.41, 5.74) is 3.01. The minimum absolute atomic E-state index is 0.699. The van der Waals surface area contributed by atoms with E-state index in [0.717, 1.165) is 24.8 Å². The first kappa shape index (κ1) is 14.4. The van der Waals surface area contributed by atoms with Gasteiger partial charge in [-0.05, 0) is 59.4 Å². The van der Waals surface area contributed by atoms with Crippen LogP contribution in [0.5, 0.6) is 5.75 Å². The first-order valence-electron chi connectivity index (χ1n) is 7.50. The zero-order valence-electron chi connectivity index (χ0n) is 12.0. The van der Waals surface area contributed by atoms with E-state index in [0.29, 0.717) is 5.92 Å². The Bertz CT molecular complexity index is 500. The van der Waals surface area contributed by atoms with Crippen LogP contribution in [0.25, 0.3) is 0 Å². The molecule has 1 aromatic rings. The number of hydrogen-bond acceptors (Lipinski definition) is 2. The monoisotopic (exact) mass is 383 g/mol. The fourth-order valence-corrected chi connectivity index (χ4v) is 4.18. The Morgan fingerprint density at radius 2 is 2.30 bits per heavy atom. The number of nitrogens with zero attached hydrogens (tertiary/aromatic N) is 1. The van der Waals surface area contributed by atoms with E-state index in [1.54, 1.807) is 12.7 Å². The van der Waals surface area contributed by atoms with E-state index in [-0.39, 0.29) is 0 Å². The van der Waals surface area contributed by atoms with Crippen molar-refractivity contribution >= 4 is 22.6 Å². The van der Waals surface area contributed by atoms with Gasteiger partial charge in [-0.15, -0.1) is 0 Å². The zero-order chi connectivity index (χ0) is 13.9. The Labute approximate surface area is 135 Å². The summed E-state index contributed by atoms with van der Waals surface area (Å²) in [7, 11) is 1.79. The van der Waals surface area contributed by atoms with Crippen LogP contribution in [0.2, 0.25) is 0 Å². The molecule has 1 aliphatic carbocycles. The van der Waals surface area contributed by atoms with Gasteiger partial charge in [-0.25, -0.2) is 0 Å². The molecular weight excluding hydrogens is 361 g/mol. The summed E-state index contributed by atoms with van der Waals surface area (Å²) in [5.74, 6) is 1.79. The largest absolute Gasteiger partial charge is 0.496 e. The Morgan fingerprint density at radius 1 is 1.40 bits per heavy atom.